The van der Waals surface area contributed by atoms with E-state index in [1.54, 1.807) is 18.1 Å². The van der Waals surface area contributed by atoms with Crippen LogP contribution in [0.2, 0.25) is 0 Å². The minimum absolute atomic E-state index is 0.603. The number of aryl methyl sites for hydroxylation is 3. The third-order valence-electron chi connectivity index (χ3n) is 5.33. The Balaban J connectivity index is 1.53. The molecule has 0 saturated heterocycles. The smallest absolute Gasteiger partial charge is 0.184 e. The molecular weight excluding hydrogens is 416 g/mol. The minimum Gasteiger partial charge on any atom is -0.494 e. The van der Waals surface area contributed by atoms with E-state index in [4.69, 9.17) is 9.72 Å². The van der Waals surface area contributed by atoms with Crippen LogP contribution in [-0.2, 0) is 19.9 Å². The van der Waals surface area contributed by atoms with Crippen molar-refractivity contribution in [1.29, 1.82) is 0 Å². The Labute approximate surface area is 191 Å². The van der Waals surface area contributed by atoms with Crippen molar-refractivity contribution in [3.63, 3.8) is 0 Å². The maximum absolute atomic E-state index is 5.76. The van der Waals surface area contributed by atoms with E-state index < -0.39 is 0 Å². The van der Waals surface area contributed by atoms with Crippen molar-refractivity contribution < 1.29 is 4.74 Å². The van der Waals surface area contributed by atoms with Gasteiger partial charge in [0.05, 0.1) is 35.4 Å². The Morgan fingerprint density at radius 1 is 1.06 bits per heavy atom. The van der Waals surface area contributed by atoms with Gasteiger partial charge in [-0.25, -0.2) is 15.0 Å². The van der Waals surface area contributed by atoms with Crippen molar-refractivity contribution in [2.45, 2.75) is 26.7 Å². The third-order valence-corrected chi connectivity index (χ3v) is 5.33. The molecule has 0 atom stereocenters. The number of hydrogen-bond donors (Lipinski definition) is 1. The highest BCUT2D eigenvalue weighted by atomic mass is 16.5. The van der Waals surface area contributed by atoms with Gasteiger partial charge >= 0.3 is 0 Å². The van der Waals surface area contributed by atoms with Crippen LogP contribution in [0.1, 0.15) is 28.6 Å². The van der Waals surface area contributed by atoms with Gasteiger partial charge in [-0.1, -0.05) is 6.07 Å². The lowest BCUT2D eigenvalue weighted by atomic mass is 10.1. The number of hydrogen-bond acceptors (Lipinski definition) is 8. The molecule has 1 aliphatic rings. The van der Waals surface area contributed by atoms with Crippen LogP contribution in [0.3, 0.4) is 0 Å². The summed E-state index contributed by atoms with van der Waals surface area (Å²) < 4.78 is 7.43. The van der Waals surface area contributed by atoms with Gasteiger partial charge in [0, 0.05) is 37.5 Å². The second kappa shape index (κ2) is 8.42. The zero-order valence-electron chi connectivity index (χ0n) is 19.0. The molecule has 0 bridgehead atoms. The van der Waals surface area contributed by atoms with E-state index in [9.17, 15) is 0 Å². The van der Waals surface area contributed by atoms with Gasteiger partial charge in [0.1, 0.15) is 17.8 Å². The lowest BCUT2D eigenvalue weighted by Crippen LogP contribution is -2.04. The number of methoxy groups -OCH3 is 1. The van der Waals surface area contributed by atoms with Crippen molar-refractivity contribution in [3.8, 4) is 17.1 Å². The van der Waals surface area contributed by atoms with Crippen molar-refractivity contribution in [2.24, 2.45) is 12.0 Å². The Morgan fingerprint density at radius 2 is 1.91 bits per heavy atom. The summed E-state index contributed by atoms with van der Waals surface area (Å²) in [7, 11) is 3.48. The fraction of sp³-hybridized carbons (Fsp3) is 0.250. The molecule has 33 heavy (non-hydrogen) atoms. The van der Waals surface area contributed by atoms with Gasteiger partial charge in [-0.2, -0.15) is 5.10 Å². The molecule has 4 aromatic rings. The van der Waals surface area contributed by atoms with E-state index in [-0.39, 0.29) is 0 Å². The van der Waals surface area contributed by atoms with Crippen LogP contribution in [0.15, 0.2) is 41.7 Å². The number of pyridine rings is 1. The predicted octanol–water partition coefficient (Wildman–Crippen LogP) is 3.89. The number of fused-ring (bicyclic) bond motifs is 1. The van der Waals surface area contributed by atoms with Gasteiger partial charge in [-0.05, 0) is 38.1 Å². The van der Waals surface area contributed by atoms with E-state index in [2.05, 4.69) is 30.4 Å². The summed E-state index contributed by atoms with van der Waals surface area (Å²) in [6.07, 6.45) is 4.87. The van der Waals surface area contributed by atoms with Gasteiger partial charge in [0.25, 0.3) is 0 Å². The molecule has 0 fully saturated rings. The summed E-state index contributed by atoms with van der Waals surface area (Å²) in [6, 6.07) is 9.89. The largest absolute Gasteiger partial charge is 0.494 e. The summed E-state index contributed by atoms with van der Waals surface area (Å²) in [4.78, 5) is 22.7. The van der Waals surface area contributed by atoms with Crippen LogP contribution in [0.25, 0.3) is 11.4 Å². The highest BCUT2D eigenvalue weighted by Crippen LogP contribution is 2.40. The Morgan fingerprint density at radius 3 is 2.67 bits per heavy atom. The molecule has 0 unspecified atom stereocenters. The number of para-hydroxylation sites is 1. The Hall–Kier alpha value is -4.14. The molecule has 0 amide bonds. The highest BCUT2D eigenvalue weighted by Gasteiger charge is 2.19. The van der Waals surface area contributed by atoms with Crippen LogP contribution in [0.5, 0.6) is 5.75 Å². The van der Waals surface area contributed by atoms with Gasteiger partial charge in [-0.3, -0.25) is 14.7 Å². The molecule has 1 aliphatic heterocycles. The average molecular weight is 441 g/mol. The molecule has 1 aromatic carbocycles. The molecule has 0 aliphatic carbocycles. The van der Waals surface area contributed by atoms with Crippen molar-refractivity contribution in [3.05, 3.63) is 65.3 Å². The van der Waals surface area contributed by atoms with Crippen LogP contribution in [0, 0.1) is 13.8 Å². The molecule has 9 heteroatoms. The molecule has 4 heterocycles. The molecule has 5 rings (SSSR count). The first-order chi connectivity index (χ1) is 16.0. The first-order valence-electron chi connectivity index (χ1n) is 10.7. The fourth-order valence-electron chi connectivity index (χ4n) is 4.05. The van der Waals surface area contributed by atoms with Crippen LogP contribution in [0.4, 0.5) is 17.1 Å². The van der Waals surface area contributed by atoms with E-state index >= 15 is 0 Å². The van der Waals surface area contributed by atoms with Crippen LogP contribution in [-0.4, -0.2) is 43.0 Å². The minimum atomic E-state index is 0.603. The molecular formula is C24H24N8O. The quantitative estimate of drug-likeness (QED) is 0.485. The third kappa shape index (κ3) is 4.17. The van der Waals surface area contributed by atoms with Crippen LogP contribution >= 0.6 is 0 Å². The number of rotatable bonds is 6. The second-order valence-corrected chi connectivity index (χ2v) is 7.95. The normalized spacial score (nSPS) is 12.1. The summed E-state index contributed by atoms with van der Waals surface area (Å²) in [5, 5.41) is 7.94. The monoisotopic (exact) mass is 440 g/mol. The SMILES string of the molecule is COc1c(Nc2cc(Cc3cc(C)nc(C)n3)nc3c2N=CC3)cccc1-c1ncn(C)n1. The van der Waals surface area contributed by atoms with Crippen LogP contribution < -0.4 is 10.1 Å². The number of aromatic nitrogens is 6. The number of benzene rings is 1. The van der Waals surface area contributed by atoms with Gasteiger partial charge in [0.2, 0.25) is 0 Å². The maximum atomic E-state index is 5.76. The summed E-state index contributed by atoms with van der Waals surface area (Å²) in [5.74, 6) is 2.03. The van der Waals surface area contributed by atoms with Crippen molar-refractivity contribution in [1.82, 2.24) is 29.7 Å². The summed E-state index contributed by atoms with van der Waals surface area (Å²) in [5.41, 5.74) is 7.08. The van der Waals surface area contributed by atoms with Crippen molar-refractivity contribution in [2.75, 3.05) is 12.4 Å². The number of nitrogens with zero attached hydrogens (tertiary/aromatic N) is 7. The van der Waals surface area contributed by atoms with E-state index in [0.717, 1.165) is 51.2 Å². The van der Waals surface area contributed by atoms with Gasteiger partial charge in [0.15, 0.2) is 11.6 Å². The molecule has 0 spiro atoms. The second-order valence-electron chi connectivity index (χ2n) is 7.95. The lowest BCUT2D eigenvalue weighted by molar-refractivity contribution is 0.418. The summed E-state index contributed by atoms with van der Waals surface area (Å²) >= 11 is 0. The Kier molecular flexibility index (Phi) is 5.29. The van der Waals surface area contributed by atoms with E-state index in [1.807, 2.05) is 57.4 Å². The number of aliphatic imine (C=N–C) groups is 1. The molecule has 0 saturated carbocycles. The van der Waals surface area contributed by atoms with Crippen molar-refractivity contribution >= 4 is 23.3 Å². The highest BCUT2D eigenvalue weighted by molar-refractivity contribution is 5.86. The van der Waals surface area contributed by atoms with Gasteiger partial charge in [-0.15, -0.1) is 0 Å². The number of anilines is 2. The van der Waals surface area contributed by atoms with Gasteiger partial charge < -0.3 is 10.1 Å². The number of ether oxygens (including phenoxy) is 1. The lowest BCUT2D eigenvalue weighted by Gasteiger charge is -2.16. The van der Waals surface area contributed by atoms with E-state index in [1.165, 1.54) is 0 Å². The topological polar surface area (TPSA) is 103 Å². The first-order valence-corrected chi connectivity index (χ1v) is 10.7. The average Bonchev–Trinajstić information content (AvgIpc) is 3.42. The zero-order valence-corrected chi connectivity index (χ0v) is 19.0. The molecule has 3 aromatic heterocycles. The maximum Gasteiger partial charge on any atom is 0.184 e. The Bertz CT molecular complexity index is 1350. The molecule has 166 valence electrons. The predicted molar refractivity (Wildman–Crippen MR) is 127 cm³/mol. The standard InChI is InChI=1S/C24H24N8O/c1-14-10-16(28-15(2)27-14)11-17-12-21(22-19(29-17)8-9-25-22)30-20-7-5-6-18(23(20)33-4)24-26-13-32(3)31-24/h5-7,9-10,12-13H,8,11H2,1-4H3,(H,29,30). The molecule has 9 nitrogen and oxygen atoms in total. The zero-order chi connectivity index (χ0) is 22.9. The van der Waals surface area contributed by atoms with E-state index in [0.29, 0.717) is 24.4 Å². The number of nitrogens with one attached hydrogen (secondary N) is 1. The molecule has 1 N–H and O–H groups in total. The summed E-state index contributed by atoms with van der Waals surface area (Å²) in [6.45, 7) is 3.88. The molecule has 0 radical (unpaired) electrons. The fourth-order valence-corrected chi connectivity index (χ4v) is 4.05. The first kappa shape index (κ1) is 20.7.